The number of nitrogens with zero attached hydrogens (tertiary/aromatic N) is 4. The molecule has 0 amide bonds. The van der Waals surface area contributed by atoms with Crippen molar-refractivity contribution >= 4 is 72.6 Å². The lowest BCUT2D eigenvalue weighted by atomic mass is 10.5. The van der Waals surface area contributed by atoms with E-state index in [2.05, 4.69) is 26.1 Å². The summed E-state index contributed by atoms with van der Waals surface area (Å²) >= 11 is 12.2. The molecule has 2 heterocycles. The molecule has 2 atom stereocenters. The van der Waals surface area contributed by atoms with Gasteiger partial charge in [-0.2, -0.15) is 0 Å². The number of carbonyl (C=O) groups excluding carboxylic acids is 1. The number of carbonyl (C=O) groups is 1. The summed E-state index contributed by atoms with van der Waals surface area (Å²) in [6.45, 7) is 1.07. The SMILES string of the molecule is O=C(CI)OC1CN(CCCl)C[N+]1([O-])c1nnc(CBr)s1. The molecule has 1 fully saturated rings. The number of aromatic nitrogens is 2. The van der Waals surface area contributed by atoms with Crippen molar-refractivity contribution in [1.29, 1.82) is 0 Å². The lowest BCUT2D eigenvalue weighted by molar-refractivity contribution is -0.149. The molecular weight excluding hydrogens is 498 g/mol. The number of halogens is 3. The Morgan fingerprint density at radius 1 is 1.67 bits per heavy atom. The molecule has 7 nitrogen and oxygen atoms in total. The smallest absolute Gasteiger partial charge is 0.320 e. The summed E-state index contributed by atoms with van der Waals surface area (Å²) in [5.41, 5.74) is 0. The minimum Gasteiger partial charge on any atom is -0.622 e. The van der Waals surface area contributed by atoms with Crippen LogP contribution >= 0.6 is 61.5 Å². The van der Waals surface area contributed by atoms with Crippen molar-refractivity contribution in [3.8, 4) is 0 Å². The molecule has 2 unspecified atom stereocenters. The van der Waals surface area contributed by atoms with E-state index in [9.17, 15) is 10.0 Å². The van der Waals surface area contributed by atoms with Gasteiger partial charge in [-0.05, 0) is 11.3 Å². The van der Waals surface area contributed by atoms with E-state index in [1.807, 2.05) is 27.5 Å². The summed E-state index contributed by atoms with van der Waals surface area (Å²) in [4.78, 5) is 13.4. The van der Waals surface area contributed by atoms with Crippen molar-refractivity contribution in [2.24, 2.45) is 0 Å². The van der Waals surface area contributed by atoms with Gasteiger partial charge in [-0.1, -0.05) is 43.6 Å². The molecule has 1 aliphatic rings. The molecule has 0 radical (unpaired) electrons. The molecular formula is C10H13BrClIN4O3S. The molecule has 2 rings (SSSR count). The fourth-order valence-electron chi connectivity index (χ4n) is 2.02. The van der Waals surface area contributed by atoms with Gasteiger partial charge in [0.25, 0.3) is 6.23 Å². The van der Waals surface area contributed by atoms with Gasteiger partial charge < -0.3 is 9.94 Å². The van der Waals surface area contributed by atoms with Gasteiger partial charge in [0.2, 0.25) is 0 Å². The highest BCUT2D eigenvalue weighted by molar-refractivity contribution is 14.1. The Morgan fingerprint density at radius 3 is 3.00 bits per heavy atom. The maximum Gasteiger partial charge on any atom is 0.320 e. The first kappa shape index (κ1) is 17.8. The number of rotatable bonds is 6. The zero-order valence-electron chi connectivity index (χ0n) is 10.9. The van der Waals surface area contributed by atoms with Crippen LogP contribution in [0, 0.1) is 5.21 Å². The quantitative estimate of drug-likeness (QED) is 0.191. The minimum absolute atomic E-state index is 0.156. The third kappa shape index (κ3) is 4.03. The summed E-state index contributed by atoms with van der Waals surface area (Å²) < 4.78 is 4.69. The van der Waals surface area contributed by atoms with Gasteiger partial charge in [0.05, 0.1) is 16.3 Å². The number of esters is 1. The Hall–Kier alpha value is 0.410. The van der Waals surface area contributed by atoms with Gasteiger partial charge in [0.1, 0.15) is 11.7 Å². The van der Waals surface area contributed by atoms with E-state index >= 15 is 0 Å². The topological polar surface area (TPSA) is 78.4 Å². The molecule has 1 aromatic heterocycles. The van der Waals surface area contributed by atoms with Crippen LogP contribution in [0.2, 0.25) is 0 Å². The van der Waals surface area contributed by atoms with Crippen molar-refractivity contribution in [2.75, 3.05) is 30.1 Å². The summed E-state index contributed by atoms with van der Waals surface area (Å²) in [5, 5.41) is 22.6. The van der Waals surface area contributed by atoms with Crippen LogP contribution in [0.5, 0.6) is 0 Å². The maximum absolute atomic E-state index is 13.2. The predicted molar refractivity (Wildman–Crippen MR) is 93.6 cm³/mol. The van der Waals surface area contributed by atoms with E-state index in [1.54, 1.807) is 0 Å². The van der Waals surface area contributed by atoms with Crippen molar-refractivity contribution in [3.05, 3.63) is 10.2 Å². The van der Waals surface area contributed by atoms with Crippen LogP contribution in [0.25, 0.3) is 0 Å². The molecule has 0 aliphatic carbocycles. The Balaban J connectivity index is 2.24. The zero-order chi connectivity index (χ0) is 15.5. The first-order valence-corrected chi connectivity index (χ1v) is 10.0. The average Bonchev–Trinajstić information content (AvgIpc) is 3.06. The second kappa shape index (κ2) is 7.79. The highest BCUT2D eigenvalue weighted by Crippen LogP contribution is 2.34. The second-order valence-electron chi connectivity index (χ2n) is 4.39. The fraction of sp³-hybridized carbons (Fsp3) is 0.700. The summed E-state index contributed by atoms with van der Waals surface area (Å²) in [5.74, 6) is 0.00678. The standard InChI is InChI=1S/C10H13BrClIN4O3S/c11-3-7-14-15-10(21-7)17(19)6-16(2-1-12)5-8(17)20-9(18)4-13/h8H,1-6H2. The third-order valence-corrected chi connectivity index (χ3v) is 5.69. The Kier molecular flexibility index (Phi) is 6.59. The monoisotopic (exact) mass is 510 g/mol. The van der Waals surface area contributed by atoms with Crippen molar-refractivity contribution in [1.82, 2.24) is 19.7 Å². The van der Waals surface area contributed by atoms with Gasteiger partial charge in [0, 0.05) is 12.4 Å². The van der Waals surface area contributed by atoms with E-state index in [0.29, 0.717) is 34.4 Å². The number of ether oxygens (including phenoxy) is 1. The number of hydrogen-bond acceptors (Lipinski definition) is 7. The molecule has 0 bridgehead atoms. The molecule has 1 aromatic rings. The van der Waals surface area contributed by atoms with E-state index in [4.69, 9.17) is 16.3 Å². The summed E-state index contributed by atoms with van der Waals surface area (Å²) in [7, 11) is 0. The Labute approximate surface area is 153 Å². The van der Waals surface area contributed by atoms with Crippen molar-refractivity contribution < 1.29 is 9.53 Å². The highest BCUT2D eigenvalue weighted by Gasteiger charge is 2.46. The normalized spacial score (nSPS) is 26.2. The van der Waals surface area contributed by atoms with Gasteiger partial charge >= 0.3 is 11.1 Å². The van der Waals surface area contributed by atoms with Crippen LogP contribution in [-0.4, -0.2) is 57.4 Å². The zero-order valence-corrected chi connectivity index (χ0v) is 16.2. The second-order valence-corrected chi connectivity index (χ2v) is 7.14. The number of quaternary nitrogens is 1. The van der Waals surface area contributed by atoms with E-state index in [0.717, 1.165) is 0 Å². The largest absolute Gasteiger partial charge is 0.622 e. The van der Waals surface area contributed by atoms with Gasteiger partial charge in [-0.25, -0.2) is 4.90 Å². The first-order valence-electron chi connectivity index (χ1n) is 6.05. The third-order valence-electron chi connectivity index (χ3n) is 2.96. The van der Waals surface area contributed by atoms with Crippen molar-refractivity contribution in [2.45, 2.75) is 11.6 Å². The predicted octanol–water partition coefficient (Wildman–Crippen LogP) is 2.05. The molecule has 1 aliphatic heterocycles. The van der Waals surface area contributed by atoms with E-state index in [1.165, 1.54) is 11.3 Å². The first-order chi connectivity index (χ1) is 10.0. The molecule has 1 saturated heterocycles. The molecule has 11 heteroatoms. The molecule has 0 aromatic carbocycles. The highest BCUT2D eigenvalue weighted by atomic mass is 127. The fourth-order valence-corrected chi connectivity index (χ4v) is 3.65. The van der Waals surface area contributed by atoms with Crippen LogP contribution in [0.4, 0.5) is 5.13 Å². The van der Waals surface area contributed by atoms with Gasteiger partial charge in [-0.15, -0.1) is 16.7 Å². The summed E-state index contributed by atoms with van der Waals surface area (Å²) in [6, 6.07) is 0. The lowest BCUT2D eigenvalue weighted by Gasteiger charge is -2.38. The van der Waals surface area contributed by atoms with Gasteiger partial charge in [-0.3, -0.25) is 9.44 Å². The Bertz CT molecular complexity index is 510. The van der Waals surface area contributed by atoms with Crippen molar-refractivity contribution in [3.63, 3.8) is 0 Å². The minimum atomic E-state index is -0.827. The van der Waals surface area contributed by atoms with Crippen LogP contribution in [-0.2, 0) is 14.9 Å². The van der Waals surface area contributed by atoms with Crippen LogP contribution < -0.4 is 4.65 Å². The van der Waals surface area contributed by atoms with Gasteiger partial charge in [0.15, 0.2) is 0 Å². The molecule has 118 valence electrons. The van der Waals surface area contributed by atoms with E-state index in [-0.39, 0.29) is 11.1 Å². The summed E-state index contributed by atoms with van der Waals surface area (Å²) in [6.07, 6.45) is -0.827. The van der Waals surface area contributed by atoms with Crippen LogP contribution in [0.1, 0.15) is 5.01 Å². The molecule has 21 heavy (non-hydrogen) atoms. The molecule has 0 saturated carbocycles. The number of alkyl halides is 3. The average molecular weight is 512 g/mol. The lowest BCUT2D eigenvalue weighted by Crippen LogP contribution is -2.51. The van der Waals surface area contributed by atoms with Crippen LogP contribution in [0.3, 0.4) is 0 Å². The number of hydroxylamine groups is 2. The van der Waals surface area contributed by atoms with Crippen LogP contribution in [0.15, 0.2) is 0 Å². The van der Waals surface area contributed by atoms with E-state index < -0.39 is 16.8 Å². The number of hydrogen-bond donors (Lipinski definition) is 0. The molecule has 0 spiro atoms. The Morgan fingerprint density at radius 2 is 2.43 bits per heavy atom. The maximum atomic E-state index is 13.2. The molecule has 0 N–H and O–H groups in total.